The van der Waals surface area contributed by atoms with Gasteiger partial charge >= 0.3 is 0 Å². The fourth-order valence-electron chi connectivity index (χ4n) is 2.17. The van der Waals surface area contributed by atoms with Crippen molar-refractivity contribution < 1.29 is 13.9 Å². The summed E-state index contributed by atoms with van der Waals surface area (Å²) in [4.78, 5) is 15.8. The second-order valence-corrected chi connectivity index (χ2v) is 6.43. The standard InChI is InChI=1S/C18H16FN3O2S/c1-10-7-15(25-9-10)24-13-5-3-12(4-6-13)21-18(23)14-8-11(2)16(19)22-17(14)20/h3-9H,1-2H3,(H2,20,22)(H,21,23). The van der Waals surface area contributed by atoms with Gasteiger partial charge < -0.3 is 15.8 Å². The van der Waals surface area contributed by atoms with Crippen LogP contribution >= 0.6 is 11.3 Å². The number of nitrogens with zero attached hydrogens (tertiary/aromatic N) is 1. The molecule has 1 amide bonds. The molecule has 0 aliphatic rings. The molecule has 3 aromatic rings. The first kappa shape index (κ1) is 16.9. The first-order chi connectivity index (χ1) is 11.9. The number of hydrogen-bond donors (Lipinski definition) is 2. The first-order valence-corrected chi connectivity index (χ1v) is 8.37. The van der Waals surface area contributed by atoms with E-state index in [1.54, 1.807) is 24.3 Å². The molecule has 3 N–H and O–H groups in total. The van der Waals surface area contributed by atoms with Crippen LogP contribution in [0.25, 0.3) is 0 Å². The number of aromatic nitrogens is 1. The summed E-state index contributed by atoms with van der Waals surface area (Å²) in [5.41, 5.74) is 7.73. The quantitative estimate of drug-likeness (QED) is 0.673. The van der Waals surface area contributed by atoms with E-state index in [1.165, 1.54) is 24.3 Å². The lowest BCUT2D eigenvalue weighted by Gasteiger charge is -2.09. The smallest absolute Gasteiger partial charge is 0.259 e. The van der Waals surface area contributed by atoms with Gasteiger partial charge in [-0.1, -0.05) is 0 Å². The molecule has 0 bridgehead atoms. The molecule has 0 saturated carbocycles. The predicted octanol–water partition coefficient (Wildman–Crippen LogP) is 4.53. The lowest BCUT2D eigenvalue weighted by atomic mass is 10.2. The van der Waals surface area contributed by atoms with E-state index in [4.69, 9.17) is 10.5 Å². The van der Waals surface area contributed by atoms with Crippen LogP contribution < -0.4 is 15.8 Å². The fourth-order valence-corrected chi connectivity index (χ4v) is 2.93. The maximum Gasteiger partial charge on any atom is 0.259 e. The molecular weight excluding hydrogens is 341 g/mol. The van der Waals surface area contributed by atoms with Gasteiger partial charge in [-0.3, -0.25) is 4.79 Å². The highest BCUT2D eigenvalue weighted by molar-refractivity contribution is 7.12. The highest BCUT2D eigenvalue weighted by Gasteiger charge is 2.14. The van der Waals surface area contributed by atoms with E-state index in [0.29, 0.717) is 11.4 Å². The number of pyridine rings is 1. The summed E-state index contributed by atoms with van der Waals surface area (Å²) in [6, 6.07) is 10.3. The van der Waals surface area contributed by atoms with Gasteiger partial charge in [-0.2, -0.15) is 4.39 Å². The Morgan fingerprint density at radius 1 is 1.24 bits per heavy atom. The minimum atomic E-state index is -0.681. The average molecular weight is 357 g/mol. The number of amides is 1. The van der Waals surface area contributed by atoms with Gasteiger partial charge in [-0.15, -0.1) is 11.3 Å². The van der Waals surface area contributed by atoms with Gasteiger partial charge in [-0.05, 0) is 61.2 Å². The molecule has 5 nitrogen and oxygen atoms in total. The molecule has 0 spiro atoms. The SMILES string of the molecule is Cc1csc(Oc2ccc(NC(=O)c3cc(C)c(F)nc3N)cc2)c1. The van der Waals surface area contributed by atoms with E-state index in [2.05, 4.69) is 10.3 Å². The molecule has 0 atom stereocenters. The molecule has 1 aromatic carbocycles. The van der Waals surface area contributed by atoms with Gasteiger partial charge in [-0.25, -0.2) is 4.98 Å². The highest BCUT2D eigenvalue weighted by Crippen LogP contribution is 2.29. The molecule has 25 heavy (non-hydrogen) atoms. The van der Waals surface area contributed by atoms with Crippen molar-refractivity contribution in [3.63, 3.8) is 0 Å². The van der Waals surface area contributed by atoms with Crippen molar-refractivity contribution in [1.29, 1.82) is 0 Å². The summed E-state index contributed by atoms with van der Waals surface area (Å²) in [7, 11) is 0. The topological polar surface area (TPSA) is 77.2 Å². The van der Waals surface area contributed by atoms with Gasteiger partial charge in [0, 0.05) is 11.3 Å². The maximum absolute atomic E-state index is 13.3. The molecule has 128 valence electrons. The zero-order chi connectivity index (χ0) is 18.0. The molecule has 0 saturated heterocycles. The number of carbonyl (C=O) groups excluding carboxylic acids is 1. The number of nitrogen functional groups attached to an aromatic ring is 1. The van der Waals surface area contributed by atoms with Crippen molar-refractivity contribution >= 4 is 28.7 Å². The maximum atomic E-state index is 13.3. The molecule has 3 rings (SSSR count). The number of carbonyl (C=O) groups is 1. The number of aryl methyl sites for hydroxylation is 2. The van der Waals surface area contributed by atoms with E-state index < -0.39 is 11.9 Å². The first-order valence-electron chi connectivity index (χ1n) is 7.49. The van der Waals surface area contributed by atoms with Gasteiger partial charge in [0.05, 0.1) is 5.56 Å². The van der Waals surface area contributed by atoms with E-state index >= 15 is 0 Å². The minimum absolute atomic E-state index is 0.133. The van der Waals surface area contributed by atoms with Crippen molar-refractivity contribution in [2.24, 2.45) is 0 Å². The Bertz CT molecular complexity index is 923. The Kier molecular flexibility index (Phi) is 4.67. The van der Waals surface area contributed by atoms with Crippen LogP contribution in [0.2, 0.25) is 0 Å². The van der Waals surface area contributed by atoms with E-state index in [1.807, 2.05) is 18.4 Å². The van der Waals surface area contributed by atoms with E-state index in [-0.39, 0.29) is 16.9 Å². The van der Waals surface area contributed by atoms with Crippen LogP contribution in [0.5, 0.6) is 10.8 Å². The summed E-state index contributed by atoms with van der Waals surface area (Å²) < 4.78 is 19.1. The monoisotopic (exact) mass is 357 g/mol. The van der Waals surface area contributed by atoms with Crippen LogP contribution in [0.1, 0.15) is 21.5 Å². The summed E-state index contributed by atoms with van der Waals surface area (Å²) in [6.07, 6.45) is 0. The number of nitrogens with one attached hydrogen (secondary N) is 1. The third-order valence-electron chi connectivity index (χ3n) is 3.46. The van der Waals surface area contributed by atoms with Crippen molar-refractivity contribution in [3.8, 4) is 10.8 Å². The van der Waals surface area contributed by atoms with Crippen LogP contribution in [-0.2, 0) is 0 Å². The van der Waals surface area contributed by atoms with Crippen LogP contribution in [0.4, 0.5) is 15.9 Å². The predicted molar refractivity (Wildman–Crippen MR) is 96.9 cm³/mol. The van der Waals surface area contributed by atoms with Crippen LogP contribution in [0.15, 0.2) is 41.8 Å². The van der Waals surface area contributed by atoms with E-state index in [0.717, 1.165) is 10.6 Å². The number of benzene rings is 1. The summed E-state index contributed by atoms with van der Waals surface area (Å²) in [5, 5.41) is 5.51. The summed E-state index contributed by atoms with van der Waals surface area (Å²) in [6.45, 7) is 3.52. The second kappa shape index (κ2) is 6.90. The third kappa shape index (κ3) is 3.95. The minimum Gasteiger partial charge on any atom is -0.447 e. The zero-order valence-electron chi connectivity index (χ0n) is 13.7. The molecule has 2 heterocycles. The van der Waals surface area contributed by atoms with Crippen LogP contribution in [-0.4, -0.2) is 10.9 Å². The Labute approximate surface area is 148 Å². The van der Waals surface area contributed by atoms with Gasteiger partial charge in [0.1, 0.15) is 11.6 Å². The largest absolute Gasteiger partial charge is 0.447 e. The molecule has 2 aromatic heterocycles. The van der Waals surface area contributed by atoms with Gasteiger partial charge in [0.15, 0.2) is 5.06 Å². The normalized spacial score (nSPS) is 10.5. The molecule has 0 radical (unpaired) electrons. The molecule has 7 heteroatoms. The lowest BCUT2D eigenvalue weighted by Crippen LogP contribution is -2.16. The number of nitrogens with two attached hydrogens (primary N) is 1. The Morgan fingerprint density at radius 2 is 1.96 bits per heavy atom. The lowest BCUT2D eigenvalue weighted by molar-refractivity contribution is 0.102. The Hall–Kier alpha value is -2.93. The molecule has 0 fully saturated rings. The fraction of sp³-hybridized carbons (Fsp3) is 0.111. The number of anilines is 2. The van der Waals surface area contributed by atoms with Crippen molar-refractivity contribution in [1.82, 2.24) is 4.98 Å². The van der Waals surface area contributed by atoms with E-state index in [9.17, 15) is 9.18 Å². The van der Waals surface area contributed by atoms with Crippen molar-refractivity contribution in [2.75, 3.05) is 11.1 Å². The van der Waals surface area contributed by atoms with Crippen LogP contribution in [0.3, 0.4) is 0 Å². The highest BCUT2D eigenvalue weighted by atomic mass is 32.1. The van der Waals surface area contributed by atoms with Gasteiger partial charge in [0.2, 0.25) is 5.95 Å². The zero-order valence-corrected chi connectivity index (χ0v) is 14.5. The Morgan fingerprint density at radius 3 is 2.60 bits per heavy atom. The summed E-state index contributed by atoms with van der Waals surface area (Å²) >= 11 is 1.52. The van der Waals surface area contributed by atoms with Crippen molar-refractivity contribution in [2.45, 2.75) is 13.8 Å². The number of ether oxygens (including phenoxy) is 1. The summed E-state index contributed by atoms with van der Waals surface area (Å²) in [5.74, 6) is -0.609. The number of rotatable bonds is 4. The molecule has 0 aliphatic heterocycles. The molecule has 0 unspecified atom stereocenters. The number of halogens is 1. The Balaban J connectivity index is 1.71. The number of hydrogen-bond acceptors (Lipinski definition) is 5. The van der Waals surface area contributed by atoms with Gasteiger partial charge in [0.25, 0.3) is 5.91 Å². The molecular formula is C18H16FN3O2S. The van der Waals surface area contributed by atoms with Crippen LogP contribution in [0, 0.1) is 19.8 Å². The molecule has 0 aliphatic carbocycles. The average Bonchev–Trinajstić information content (AvgIpc) is 2.97. The van der Waals surface area contributed by atoms with Crippen molar-refractivity contribution in [3.05, 3.63) is 64.4 Å². The number of thiophene rings is 1. The third-order valence-corrected chi connectivity index (χ3v) is 4.39. The second-order valence-electron chi connectivity index (χ2n) is 5.55.